The summed E-state index contributed by atoms with van der Waals surface area (Å²) in [5.41, 5.74) is 0.398. The number of carbonyl (C=O) groups is 2. The van der Waals surface area contributed by atoms with E-state index in [-0.39, 0.29) is 36.2 Å². The summed E-state index contributed by atoms with van der Waals surface area (Å²) in [6, 6.07) is 5.55. The monoisotopic (exact) mass is 425 g/mol. The van der Waals surface area contributed by atoms with Crippen LogP contribution < -0.4 is 25.4 Å². The first-order valence-corrected chi connectivity index (χ1v) is 10.00. The van der Waals surface area contributed by atoms with Crippen molar-refractivity contribution < 1.29 is 19.1 Å². The Morgan fingerprint density at radius 1 is 1.03 bits per heavy atom. The Labute approximate surface area is 178 Å². The molecule has 3 atom stereocenters. The molecule has 3 rings (SSSR count). The first kappa shape index (κ1) is 23.3. The molecule has 162 valence electrons. The average Bonchev–Trinajstić information content (AvgIpc) is 3.03. The Morgan fingerprint density at radius 3 is 2.07 bits per heavy atom. The van der Waals surface area contributed by atoms with Gasteiger partial charge in [-0.15, -0.1) is 12.4 Å². The predicted molar refractivity (Wildman–Crippen MR) is 114 cm³/mol. The van der Waals surface area contributed by atoms with Crippen LogP contribution in [0.3, 0.4) is 0 Å². The summed E-state index contributed by atoms with van der Waals surface area (Å²) in [7, 11) is 3.07. The van der Waals surface area contributed by atoms with Crippen molar-refractivity contribution in [3.05, 3.63) is 23.8 Å². The van der Waals surface area contributed by atoms with Gasteiger partial charge < -0.3 is 25.4 Å². The molecule has 2 fully saturated rings. The number of carbonyl (C=O) groups excluding carboxylic acids is 2. The molecule has 1 aromatic rings. The molecule has 0 saturated carbocycles. The van der Waals surface area contributed by atoms with Crippen molar-refractivity contribution >= 4 is 24.2 Å². The van der Waals surface area contributed by atoms with Crippen molar-refractivity contribution in [1.29, 1.82) is 0 Å². The third kappa shape index (κ3) is 5.76. The first-order chi connectivity index (χ1) is 13.4. The quantitative estimate of drug-likeness (QED) is 0.623. The smallest absolute Gasteiger partial charge is 0.252 e. The molecule has 0 radical (unpaired) electrons. The summed E-state index contributed by atoms with van der Waals surface area (Å²) < 4.78 is 10.5. The molecule has 2 aliphatic rings. The summed E-state index contributed by atoms with van der Waals surface area (Å²) in [4.78, 5) is 25.7. The fourth-order valence-electron chi connectivity index (χ4n) is 4.16. The van der Waals surface area contributed by atoms with Crippen LogP contribution in [-0.2, 0) is 4.79 Å². The maximum absolute atomic E-state index is 12.9. The molecule has 2 bridgehead atoms. The van der Waals surface area contributed by atoms with Crippen molar-refractivity contribution in [2.24, 2.45) is 5.92 Å². The molecule has 2 amide bonds. The summed E-state index contributed by atoms with van der Waals surface area (Å²) >= 11 is 0. The molecule has 2 aliphatic heterocycles. The number of fused-ring (bicyclic) bond motifs is 2. The molecule has 29 heavy (non-hydrogen) atoms. The minimum atomic E-state index is -0.600. The van der Waals surface area contributed by atoms with Crippen LogP contribution >= 0.6 is 12.4 Å². The Balaban J connectivity index is 0.00000300. The van der Waals surface area contributed by atoms with Crippen molar-refractivity contribution in [3.8, 4) is 11.5 Å². The normalized spacial score (nSPS) is 23.7. The number of halogens is 1. The lowest BCUT2D eigenvalue weighted by Gasteiger charge is -2.31. The number of hydrogen-bond acceptors (Lipinski definition) is 5. The Bertz CT molecular complexity index is 694. The first-order valence-electron chi connectivity index (χ1n) is 10.00. The molecular weight excluding hydrogens is 394 g/mol. The third-order valence-electron chi connectivity index (χ3n) is 5.67. The molecule has 7 nitrogen and oxygen atoms in total. The van der Waals surface area contributed by atoms with E-state index in [0.717, 1.165) is 12.8 Å². The van der Waals surface area contributed by atoms with Crippen LogP contribution in [0.2, 0.25) is 0 Å². The molecule has 0 aromatic heterocycles. The van der Waals surface area contributed by atoms with Crippen LogP contribution in [0.4, 0.5) is 0 Å². The third-order valence-corrected chi connectivity index (χ3v) is 5.67. The van der Waals surface area contributed by atoms with E-state index in [1.165, 1.54) is 27.1 Å². The van der Waals surface area contributed by atoms with E-state index in [1.807, 2.05) is 13.8 Å². The van der Waals surface area contributed by atoms with Crippen LogP contribution in [0.1, 0.15) is 49.9 Å². The van der Waals surface area contributed by atoms with Gasteiger partial charge in [0.05, 0.1) is 14.2 Å². The molecular formula is C21H32ClN3O4. The molecule has 0 spiro atoms. The standard InChI is InChI=1S/C21H31N3O4.ClH/c1-12(2)19(21(26)23-16-9-14-5-6-15(10-16)22-14)24-20(25)13-7-17(27-3)11-18(8-13)28-4;/h7-8,11-12,14-16,19,22H,5-6,9-10H2,1-4H3,(H,23,26)(H,24,25);1H. The minimum absolute atomic E-state index is 0. The molecule has 8 heteroatoms. The number of hydrogen-bond donors (Lipinski definition) is 3. The van der Waals surface area contributed by atoms with E-state index in [2.05, 4.69) is 16.0 Å². The van der Waals surface area contributed by atoms with Crippen LogP contribution in [0.5, 0.6) is 11.5 Å². The maximum atomic E-state index is 12.9. The molecule has 2 heterocycles. The number of rotatable bonds is 7. The van der Waals surface area contributed by atoms with Crippen molar-refractivity contribution in [2.75, 3.05) is 14.2 Å². The van der Waals surface area contributed by atoms with Crippen molar-refractivity contribution in [3.63, 3.8) is 0 Å². The summed E-state index contributed by atoms with van der Waals surface area (Å²) in [5, 5.41) is 9.62. The molecule has 0 aliphatic carbocycles. The lowest BCUT2D eigenvalue weighted by molar-refractivity contribution is -0.124. The lowest BCUT2D eigenvalue weighted by atomic mass is 9.97. The highest BCUT2D eigenvalue weighted by Crippen LogP contribution is 2.27. The highest BCUT2D eigenvalue weighted by atomic mass is 35.5. The van der Waals surface area contributed by atoms with E-state index >= 15 is 0 Å². The van der Waals surface area contributed by atoms with Crippen molar-refractivity contribution in [2.45, 2.75) is 63.7 Å². The van der Waals surface area contributed by atoms with Gasteiger partial charge in [0.15, 0.2) is 0 Å². The SMILES string of the molecule is COc1cc(OC)cc(C(=O)NC(C(=O)NC2CC3CCC(C2)N3)C(C)C)c1.Cl. The van der Waals surface area contributed by atoms with Gasteiger partial charge in [-0.3, -0.25) is 9.59 Å². The largest absolute Gasteiger partial charge is 0.497 e. The van der Waals surface area contributed by atoms with Gasteiger partial charge in [-0.25, -0.2) is 0 Å². The van der Waals surface area contributed by atoms with Crippen molar-refractivity contribution in [1.82, 2.24) is 16.0 Å². The highest BCUT2D eigenvalue weighted by Gasteiger charge is 2.35. The van der Waals surface area contributed by atoms with E-state index < -0.39 is 6.04 Å². The predicted octanol–water partition coefficient (Wildman–Crippen LogP) is 2.28. The molecule has 3 unspecified atom stereocenters. The van der Waals surface area contributed by atoms with E-state index in [1.54, 1.807) is 18.2 Å². The zero-order chi connectivity index (χ0) is 20.3. The topological polar surface area (TPSA) is 88.7 Å². The highest BCUT2D eigenvalue weighted by molar-refractivity contribution is 5.98. The summed E-state index contributed by atoms with van der Waals surface area (Å²) in [6.45, 7) is 3.87. The number of methoxy groups -OCH3 is 2. The second-order valence-corrected chi connectivity index (χ2v) is 8.11. The van der Waals surface area contributed by atoms with Crippen LogP contribution in [-0.4, -0.2) is 50.2 Å². The van der Waals surface area contributed by atoms with Crippen LogP contribution in [0.25, 0.3) is 0 Å². The van der Waals surface area contributed by atoms with Crippen LogP contribution in [0, 0.1) is 5.92 Å². The molecule has 2 saturated heterocycles. The maximum Gasteiger partial charge on any atom is 0.252 e. The minimum Gasteiger partial charge on any atom is -0.497 e. The second kappa shape index (κ2) is 10.2. The molecule has 3 N–H and O–H groups in total. The Morgan fingerprint density at radius 2 is 1.59 bits per heavy atom. The van der Waals surface area contributed by atoms with E-state index in [0.29, 0.717) is 29.1 Å². The number of ether oxygens (including phenoxy) is 2. The fraction of sp³-hybridized carbons (Fsp3) is 0.619. The van der Waals surface area contributed by atoms with Crippen LogP contribution in [0.15, 0.2) is 18.2 Å². The van der Waals surface area contributed by atoms with Gasteiger partial charge in [0.1, 0.15) is 17.5 Å². The number of benzene rings is 1. The number of piperidine rings is 1. The number of amides is 2. The fourth-order valence-corrected chi connectivity index (χ4v) is 4.16. The Kier molecular flexibility index (Phi) is 8.16. The summed E-state index contributed by atoms with van der Waals surface area (Å²) in [6.07, 6.45) is 4.26. The van der Waals surface area contributed by atoms with E-state index in [4.69, 9.17) is 9.47 Å². The summed E-state index contributed by atoms with van der Waals surface area (Å²) in [5.74, 6) is 0.580. The lowest BCUT2D eigenvalue weighted by Crippen LogP contribution is -2.55. The van der Waals surface area contributed by atoms with Gasteiger partial charge in [0, 0.05) is 29.8 Å². The van der Waals surface area contributed by atoms with Gasteiger partial charge >= 0.3 is 0 Å². The zero-order valence-electron chi connectivity index (χ0n) is 17.5. The van der Waals surface area contributed by atoms with Gasteiger partial charge in [-0.2, -0.15) is 0 Å². The second-order valence-electron chi connectivity index (χ2n) is 8.11. The average molecular weight is 426 g/mol. The van der Waals surface area contributed by atoms with Gasteiger partial charge in [0.2, 0.25) is 5.91 Å². The molecule has 1 aromatic carbocycles. The van der Waals surface area contributed by atoms with Gasteiger partial charge in [-0.05, 0) is 43.7 Å². The van der Waals surface area contributed by atoms with Gasteiger partial charge in [-0.1, -0.05) is 13.8 Å². The zero-order valence-corrected chi connectivity index (χ0v) is 18.3. The Hall–Kier alpha value is -1.99. The van der Waals surface area contributed by atoms with Gasteiger partial charge in [0.25, 0.3) is 5.91 Å². The van der Waals surface area contributed by atoms with E-state index in [9.17, 15) is 9.59 Å². The number of nitrogens with one attached hydrogen (secondary N) is 3.